The zero-order valence-electron chi connectivity index (χ0n) is 11.6. The normalized spacial score (nSPS) is 16.3. The fourth-order valence-corrected chi connectivity index (χ4v) is 3.55. The van der Waals surface area contributed by atoms with Gasteiger partial charge in [-0.05, 0) is 31.2 Å². The molecule has 0 spiro atoms. The summed E-state index contributed by atoms with van der Waals surface area (Å²) in [7, 11) is 1.45. The summed E-state index contributed by atoms with van der Waals surface area (Å²) in [5.41, 5.74) is 2.13. The lowest BCUT2D eigenvalue weighted by Crippen LogP contribution is -2.13. The molecule has 0 unspecified atom stereocenters. The van der Waals surface area contributed by atoms with Gasteiger partial charge in [0.15, 0.2) is 0 Å². The number of carbonyl (C=O) groups excluding carboxylic acids is 1. The van der Waals surface area contributed by atoms with Crippen molar-refractivity contribution in [2.45, 2.75) is 31.2 Å². The van der Waals surface area contributed by atoms with Crippen LogP contribution in [0.5, 0.6) is 0 Å². The highest BCUT2D eigenvalue weighted by Gasteiger charge is 2.44. The summed E-state index contributed by atoms with van der Waals surface area (Å²) >= 11 is 1.71. The van der Waals surface area contributed by atoms with Gasteiger partial charge in [0, 0.05) is 18.1 Å². The van der Waals surface area contributed by atoms with Crippen LogP contribution in [0, 0.1) is 12.3 Å². The highest BCUT2D eigenvalue weighted by atomic mass is 32.2. The average molecular weight is 291 g/mol. The molecule has 0 bridgehead atoms. The third-order valence-corrected chi connectivity index (χ3v) is 5.04. The molecule has 5 nitrogen and oxygen atoms in total. The molecule has 1 aliphatic carbocycles. The lowest BCUT2D eigenvalue weighted by atomic mass is 10.1. The molecule has 0 saturated heterocycles. The molecular formula is C14H17N3O2S. The van der Waals surface area contributed by atoms with Crippen molar-refractivity contribution in [1.29, 1.82) is 0 Å². The van der Waals surface area contributed by atoms with Crippen LogP contribution in [-0.4, -0.2) is 33.4 Å². The third-order valence-electron chi connectivity index (χ3n) is 3.70. The molecule has 1 aliphatic rings. The zero-order chi connectivity index (χ0) is 14.2. The van der Waals surface area contributed by atoms with Gasteiger partial charge in [0.05, 0.1) is 24.7 Å². The van der Waals surface area contributed by atoms with Crippen LogP contribution in [0.4, 0.5) is 0 Å². The fourth-order valence-electron chi connectivity index (χ4n) is 2.28. The molecule has 6 heteroatoms. The molecule has 0 atom stereocenters. The number of aromatic nitrogens is 3. The van der Waals surface area contributed by atoms with E-state index in [9.17, 15) is 4.79 Å². The van der Waals surface area contributed by atoms with Gasteiger partial charge in [-0.25, -0.2) is 9.50 Å². The summed E-state index contributed by atoms with van der Waals surface area (Å²) in [5.74, 6) is 0.786. The average Bonchev–Trinajstić information content (AvgIpc) is 3.08. The van der Waals surface area contributed by atoms with Crippen LogP contribution in [0.2, 0.25) is 0 Å². The Kier molecular flexibility index (Phi) is 3.41. The Morgan fingerprint density at radius 1 is 1.55 bits per heavy atom. The van der Waals surface area contributed by atoms with Crippen molar-refractivity contribution in [3.63, 3.8) is 0 Å². The van der Waals surface area contributed by atoms with Crippen LogP contribution in [0.1, 0.15) is 25.0 Å². The van der Waals surface area contributed by atoms with E-state index in [2.05, 4.69) is 10.1 Å². The summed E-state index contributed by atoms with van der Waals surface area (Å²) in [6, 6.07) is 2.04. The van der Waals surface area contributed by atoms with Gasteiger partial charge in [-0.15, -0.1) is 11.8 Å². The van der Waals surface area contributed by atoms with Crippen LogP contribution in [0.25, 0.3) is 5.52 Å². The van der Waals surface area contributed by atoms with Gasteiger partial charge in [-0.3, -0.25) is 4.79 Å². The Morgan fingerprint density at radius 3 is 3.05 bits per heavy atom. The molecule has 2 aromatic rings. The van der Waals surface area contributed by atoms with Crippen LogP contribution in [0.15, 0.2) is 23.5 Å². The molecule has 1 saturated carbocycles. The first-order valence-electron chi connectivity index (χ1n) is 6.62. The number of ether oxygens (including phenoxy) is 1. The predicted molar refractivity (Wildman–Crippen MR) is 76.7 cm³/mol. The molecule has 2 aromatic heterocycles. The van der Waals surface area contributed by atoms with Crippen molar-refractivity contribution < 1.29 is 9.53 Å². The van der Waals surface area contributed by atoms with E-state index in [1.165, 1.54) is 7.11 Å². The molecule has 0 N–H and O–H groups in total. The lowest BCUT2D eigenvalue weighted by molar-refractivity contribution is -0.141. The van der Waals surface area contributed by atoms with Crippen molar-refractivity contribution in [3.8, 4) is 0 Å². The minimum atomic E-state index is -0.116. The minimum Gasteiger partial charge on any atom is -0.469 e. The molecule has 0 radical (unpaired) electrons. The molecule has 0 amide bonds. The second-order valence-corrected chi connectivity index (χ2v) is 6.35. The van der Waals surface area contributed by atoms with Gasteiger partial charge in [0.2, 0.25) is 0 Å². The first kappa shape index (κ1) is 13.4. The number of carbonyl (C=O) groups is 1. The second-order valence-electron chi connectivity index (χ2n) is 5.39. The van der Waals surface area contributed by atoms with Crippen LogP contribution in [0.3, 0.4) is 0 Å². The first-order valence-corrected chi connectivity index (χ1v) is 7.61. The van der Waals surface area contributed by atoms with Crippen LogP contribution < -0.4 is 0 Å². The fraction of sp³-hybridized carbons (Fsp3) is 0.500. The zero-order valence-corrected chi connectivity index (χ0v) is 12.4. The smallest absolute Gasteiger partial charge is 0.306 e. The lowest BCUT2D eigenvalue weighted by Gasteiger charge is -2.12. The summed E-state index contributed by atoms with van der Waals surface area (Å²) in [6.07, 6.45) is 6.32. The third kappa shape index (κ3) is 2.65. The van der Waals surface area contributed by atoms with Gasteiger partial charge in [-0.2, -0.15) is 5.10 Å². The van der Waals surface area contributed by atoms with E-state index in [0.717, 1.165) is 34.8 Å². The van der Waals surface area contributed by atoms with Crippen molar-refractivity contribution in [2.24, 2.45) is 5.41 Å². The van der Waals surface area contributed by atoms with E-state index in [-0.39, 0.29) is 11.4 Å². The standard InChI is InChI=1S/C14H17N3O2S/c1-10-7-11-13(15-5-6-17(11)16-10)20-9-14(3-4-14)8-12(18)19-2/h5-7H,3-4,8-9H2,1-2H3. The number of thioether (sulfide) groups is 1. The highest BCUT2D eigenvalue weighted by Crippen LogP contribution is 2.52. The minimum absolute atomic E-state index is 0.112. The molecule has 2 heterocycles. The SMILES string of the molecule is COC(=O)CC1(CSc2nccn3nc(C)cc23)CC1. The largest absolute Gasteiger partial charge is 0.469 e. The van der Waals surface area contributed by atoms with E-state index in [1.54, 1.807) is 18.0 Å². The Labute approximate surface area is 121 Å². The van der Waals surface area contributed by atoms with Gasteiger partial charge < -0.3 is 4.74 Å². The van der Waals surface area contributed by atoms with E-state index in [4.69, 9.17) is 4.74 Å². The molecule has 0 aliphatic heterocycles. The molecule has 0 aromatic carbocycles. The van der Waals surface area contributed by atoms with E-state index < -0.39 is 0 Å². The Bertz CT molecular complexity index is 649. The number of hydrogen-bond acceptors (Lipinski definition) is 5. The quantitative estimate of drug-likeness (QED) is 0.625. The van der Waals surface area contributed by atoms with Gasteiger partial charge in [-0.1, -0.05) is 0 Å². The number of methoxy groups -OCH3 is 1. The maximum atomic E-state index is 11.4. The van der Waals surface area contributed by atoms with Gasteiger partial charge in [0.25, 0.3) is 0 Å². The maximum absolute atomic E-state index is 11.4. The predicted octanol–water partition coefficient (Wildman–Crippen LogP) is 2.47. The van der Waals surface area contributed by atoms with E-state index in [1.807, 2.05) is 23.7 Å². The second kappa shape index (κ2) is 5.09. The number of esters is 1. The van der Waals surface area contributed by atoms with Crippen LogP contribution >= 0.6 is 11.8 Å². The Hall–Kier alpha value is -1.56. The van der Waals surface area contributed by atoms with E-state index in [0.29, 0.717) is 6.42 Å². The monoisotopic (exact) mass is 291 g/mol. The van der Waals surface area contributed by atoms with Crippen molar-refractivity contribution in [1.82, 2.24) is 14.6 Å². The number of nitrogens with zero attached hydrogens (tertiary/aromatic N) is 3. The summed E-state index contributed by atoms with van der Waals surface area (Å²) < 4.78 is 6.63. The van der Waals surface area contributed by atoms with Crippen molar-refractivity contribution >= 4 is 23.2 Å². The Balaban J connectivity index is 1.73. The number of fused-ring (bicyclic) bond motifs is 1. The van der Waals surface area contributed by atoms with Crippen LogP contribution in [-0.2, 0) is 9.53 Å². The number of aryl methyl sites for hydroxylation is 1. The van der Waals surface area contributed by atoms with Gasteiger partial charge in [0.1, 0.15) is 5.03 Å². The highest BCUT2D eigenvalue weighted by molar-refractivity contribution is 7.99. The van der Waals surface area contributed by atoms with Crippen molar-refractivity contribution in [2.75, 3.05) is 12.9 Å². The first-order chi connectivity index (χ1) is 9.62. The summed E-state index contributed by atoms with van der Waals surface area (Å²) in [4.78, 5) is 15.9. The molecule has 106 valence electrons. The number of rotatable bonds is 5. The molecule has 20 heavy (non-hydrogen) atoms. The van der Waals surface area contributed by atoms with Gasteiger partial charge >= 0.3 is 5.97 Å². The number of hydrogen-bond donors (Lipinski definition) is 0. The molecule has 1 fully saturated rings. The van der Waals surface area contributed by atoms with Crippen molar-refractivity contribution in [3.05, 3.63) is 24.2 Å². The summed E-state index contributed by atoms with van der Waals surface area (Å²) in [6.45, 7) is 1.97. The topological polar surface area (TPSA) is 56.5 Å². The Morgan fingerprint density at radius 2 is 2.35 bits per heavy atom. The molecule has 3 rings (SSSR count). The summed E-state index contributed by atoms with van der Waals surface area (Å²) in [5, 5.41) is 5.36. The maximum Gasteiger partial charge on any atom is 0.306 e. The molecular weight excluding hydrogens is 274 g/mol. The van der Waals surface area contributed by atoms with E-state index >= 15 is 0 Å².